The standard InChI is InChI=1S/C23H24ClN3O2S/c1-23(22(29)26(15-25)13-16-6-8-18(24)9-7-16)10-11-27(23)21(28)12-17-14-30-20-5-3-2-4-19(17)20/h2-9,14H,10-13,15,25H2,1H3. The van der Waals surface area contributed by atoms with Gasteiger partial charge in [-0.25, -0.2) is 0 Å². The molecule has 2 N–H and O–H groups in total. The Bertz CT molecular complexity index is 1080. The van der Waals surface area contributed by atoms with Crippen molar-refractivity contribution in [3.63, 3.8) is 0 Å². The molecule has 2 aromatic carbocycles. The predicted octanol–water partition coefficient (Wildman–Crippen LogP) is 4.03. The molecule has 1 aromatic heterocycles. The summed E-state index contributed by atoms with van der Waals surface area (Å²) in [6.45, 7) is 2.91. The molecular weight excluding hydrogens is 418 g/mol. The van der Waals surface area contributed by atoms with Crippen molar-refractivity contribution in [3.05, 3.63) is 70.1 Å². The minimum absolute atomic E-state index is 0.0240. The first kappa shape index (κ1) is 20.8. The summed E-state index contributed by atoms with van der Waals surface area (Å²) in [7, 11) is 0. The third-order valence-corrected chi connectivity index (χ3v) is 7.14. The molecule has 0 bridgehead atoms. The smallest absolute Gasteiger partial charge is 0.249 e. The van der Waals surface area contributed by atoms with Crippen molar-refractivity contribution in [3.8, 4) is 0 Å². The molecule has 4 rings (SSSR count). The van der Waals surface area contributed by atoms with E-state index in [1.165, 1.54) is 4.70 Å². The van der Waals surface area contributed by atoms with Gasteiger partial charge >= 0.3 is 0 Å². The Hall–Kier alpha value is -2.41. The fourth-order valence-corrected chi connectivity index (χ4v) is 5.07. The van der Waals surface area contributed by atoms with E-state index in [1.54, 1.807) is 33.3 Å². The monoisotopic (exact) mass is 441 g/mol. The van der Waals surface area contributed by atoms with Crippen molar-refractivity contribution in [1.82, 2.24) is 9.80 Å². The SMILES string of the molecule is CC1(C(=O)N(CN)Cc2ccc(Cl)cc2)CCN1C(=O)Cc1csc2ccccc12. The number of halogens is 1. The van der Waals surface area contributed by atoms with Gasteiger partial charge in [0, 0.05) is 22.8 Å². The lowest BCUT2D eigenvalue weighted by molar-refractivity contribution is -0.164. The van der Waals surface area contributed by atoms with Crippen molar-refractivity contribution in [2.24, 2.45) is 5.73 Å². The highest BCUT2D eigenvalue weighted by Crippen LogP contribution is 2.34. The summed E-state index contributed by atoms with van der Waals surface area (Å²) in [5.74, 6) is -0.140. The number of hydrogen-bond donors (Lipinski definition) is 1. The normalized spacial score (nSPS) is 18.3. The van der Waals surface area contributed by atoms with E-state index in [0.29, 0.717) is 31.0 Å². The maximum absolute atomic E-state index is 13.3. The topological polar surface area (TPSA) is 66.6 Å². The van der Waals surface area contributed by atoms with Crippen LogP contribution in [0.2, 0.25) is 5.02 Å². The lowest BCUT2D eigenvalue weighted by Gasteiger charge is -2.50. The van der Waals surface area contributed by atoms with Crippen LogP contribution < -0.4 is 5.73 Å². The molecule has 2 amide bonds. The van der Waals surface area contributed by atoms with Crippen molar-refractivity contribution in [1.29, 1.82) is 0 Å². The molecule has 30 heavy (non-hydrogen) atoms. The van der Waals surface area contributed by atoms with Crippen molar-refractivity contribution in [2.45, 2.75) is 31.8 Å². The average Bonchev–Trinajstić information content (AvgIpc) is 3.14. The van der Waals surface area contributed by atoms with Crippen LogP contribution in [0.15, 0.2) is 53.9 Å². The zero-order valence-corrected chi connectivity index (χ0v) is 18.4. The molecule has 1 saturated heterocycles. The number of benzene rings is 2. The van der Waals surface area contributed by atoms with Gasteiger partial charge in [-0.1, -0.05) is 41.9 Å². The predicted molar refractivity (Wildman–Crippen MR) is 121 cm³/mol. The molecule has 1 aliphatic rings. The summed E-state index contributed by atoms with van der Waals surface area (Å²) in [5.41, 5.74) is 7.01. The number of hydrogen-bond acceptors (Lipinski definition) is 4. The Labute approximate surface area is 185 Å². The number of amides is 2. The fourth-order valence-electron chi connectivity index (χ4n) is 3.98. The Morgan fingerprint density at radius 2 is 1.93 bits per heavy atom. The quantitative estimate of drug-likeness (QED) is 0.587. The molecule has 3 aromatic rings. The second-order valence-corrected chi connectivity index (χ2v) is 9.16. The Balaban J connectivity index is 1.48. The zero-order valence-electron chi connectivity index (χ0n) is 16.8. The van der Waals surface area contributed by atoms with E-state index in [1.807, 2.05) is 42.6 Å². The van der Waals surface area contributed by atoms with Crippen molar-refractivity contribution in [2.75, 3.05) is 13.2 Å². The van der Waals surface area contributed by atoms with Gasteiger partial charge in [-0.15, -0.1) is 11.3 Å². The molecule has 1 unspecified atom stereocenters. The van der Waals surface area contributed by atoms with Crippen LogP contribution in [-0.4, -0.2) is 40.4 Å². The van der Waals surface area contributed by atoms with Gasteiger partial charge in [-0.05, 0) is 53.4 Å². The van der Waals surface area contributed by atoms with E-state index < -0.39 is 5.54 Å². The van der Waals surface area contributed by atoms with E-state index in [-0.39, 0.29) is 18.5 Å². The van der Waals surface area contributed by atoms with Gasteiger partial charge in [0.25, 0.3) is 0 Å². The van der Waals surface area contributed by atoms with Crippen molar-refractivity contribution >= 4 is 44.8 Å². The first-order valence-corrected chi connectivity index (χ1v) is 11.2. The second-order valence-electron chi connectivity index (χ2n) is 7.82. The molecular formula is C23H24ClN3O2S. The molecule has 1 aliphatic heterocycles. The molecule has 0 radical (unpaired) electrons. The molecule has 5 nitrogen and oxygen atoms in total. The summed E-state index contributed by atoms with van der Waals surface area (Å²) in [6, 6.07) is 15.4. The van der Waals surface area contributed by atoms with Crippen LogP contribution in [0.5, 0.6) is 0 Å². The minimum atomic E-state index is -0.852. The first-order chi connectivity index (χ1) is 14.4. The van der Waals surface area contributed by atoms with Crippen LogP contribution in [0, 0.1) is 0 Å². The summed E-state index contributed by atoms with van der Waals surface area (Å²) < 4.78 is 1.17. The number of likely N-dealkylation sites (tertiary alicyclic amines) is 1. The lowest BCUT2D eigenvalue weighted by atomic mass is 9.84. The van der Waals surface area contributed by atoms with E-state index in [4.69, 9.17) is 17.3 Å². The summed E-state index contributed by atoms with van der Waals surface area (Å²) in [5, 5.41) is 3.79. The molecule has 1 atom stereocenters. The summed E-state index contributed by atoms with van der Waals surface area (Å²) in [4.78, 5) is 29.7. The number of rotatable bonds is 6. The number of carbonyl (C=O) groups is 2. The number of nitrogens with zero attached hydrogens (tertiary/aromatic N) is 2. The van der Waals surface area contributed by atoms with Crippen LogP contribution in [0.1, 0.15) is 24.5 Å². The number of nitrogens with two attached hydrogens (primary N) is 1. The van der Waals surface area contributed by atoms with E-state index in [9.17, 15) is 9.59 Å². The fraction of sp³-hybridized carbons (Fsp3) is 0.304. The number of carbonyl (C=O) groups excluding carboxylic acids is 2. The van der Waals surface area contributed by atoms with Gasteiger partial charge in [0.2, 0.25) is 11.8 Å². The Morgan fingerprint density at radius 3 is 2.60 bits per heavy atom. The van der Waals surface area contributed by atoms with Gasteiger partial charge in [-0.3, -0.25) is 9.59 Å². The second kappa shape index (κ2) is 8.38. The summed E-state index contributed by atoms with van der Waals surface area (Å²) >= 11 is 7.59. The third kappa shape index (κ3) is 3.83. The highest BCUT2D eigenvalue weighted by Gasteiger charge is 2.50. The Kier molecular flexibility index (Phi) is 5.82. The highest BCUT2D eigenvalue weighted by atomic mass is 35.5. The molecule has 156 valence electrons. The average molecular weight is 442 g/mol. The maximum atomic E-state index is 13.3. The number of fused-ring (bicyclic) bond motifs is 1. The van der Waals surface area contributed by atoms with E-state index >= 15 is 0 Å². The lowest BCUT2D eigenvalue weighted by Crippen LogP contribution is -2.68. The molecule has 0 spiro atoms. The number of thiophene rings is 1. The molecule has 1 fully saturated rings. The molecule has 0 aliphatic carbocycles. The van der Waals surface area contributed by atoms with Crippen LogP contribution in [0.3, 0.4) is 0 Å². The van der Waals surface area contributed by atoms with Crippen LogP contribution >= 0.6 is 22.9 Å². The first-order valence-electron chi connectivity index (χ1n) is 9.92. The molecule has 0 saturated carbocycles. The van der Waals surface area contributed by atoms with Crippen LogP contribution in [0.25, 0.3) is 10.1 Å². The van der Waals surface area contributed by atoms with Gasteiger partial charge in [-0.2, -0.15) is 0 Å². The summed E-state index contributed by atoms with van der Waals surface area (Å²) in [6.07, 6.45) is 0.936. The van der Waals surface area contributed by atoms with Gasteiger partial charge < -0.3 is 15.5 Å². The van der Waals surface area contributed by atoms with E-state index in [0.717, 1.165) is 16.5 Å². The van der Waals surface area contributed by atoms with Gasteiger partial charge in [0.15, 0.2) is 0 Å². The van der Waals surface area contributed by atoms with Gasteiger partial charge in [0.05, 0.1) is 13.1 Å². The van der Waals surface area contributed by atoms with Gasteiger partial charge in [0.1, 0.15) is 5.54 Å². The van der Waals surface area contributed by atoms with Crippen molar-refractivity contribution < 1.29 is 9.59 Å². The van der Waals surface area contributed by atoms with E-state index in [2.05, 4.69) is 6.07 Å². The Morgan fingerprint density at radius 1 is 1.20 bits per heavy atom. The molecule has 2 heterocycles. The third-order valence-electron chi connectivity index (χ3n) is 5.88. The zero-order chi connectivity index (χ0) is 21.3. The maximum Gasteiger partial charge on any atom is 0.249 e. The highest BCUT2D eigenvalue weighted by molar-refractivity contribution is 7.17. The largest absolute Gasteiger partial charge is 0.328 e. The van der Waals surface area contributed by atoms with Crippen LogP contribution in [0.4, 0.5) is 0 Å². The van der Waals surface area contributed by atoms with Crippen LogP contribution in [-0.2, 0) is 22.6 Å². The molecule has 7 heteroatoms. The minimum Gasteiger partial charge on any atom is -0.328 e.